The van der Waals surface area contributed by atoms with E-state index in [-0.39, 0.29) is 0 Å². The third-order valence-electron chi connectivity index (χ3n) is 5.29. The van der Waals surface area contributed by atoms with Crippen LogP contribution in [0.15, 0.2) is 77.4 Å². The number of benzene rings is 3. The number of carbonyl (C=O) groups excluding carboxylic acids is 1. The van der Waals surface area contributed by atoms with Gasteiger partial charge >= 0.3 is 0 Å². The lowest BCUT2D eigenvalue weighted by Crippen LogP contribution is -2.11. The van der Waals surface area contributed by atoms with E-state index in [1.807, 2.05) is 48.5 Å². The van der Waals surface area contributed by atoms with E-state index < -0.39 is 5.91 Å². The molecular formula is C25H16N3O2. The lowest BCUT2D eigenvalue weighted by atomic mass is 10.0. The molecule has 0 atom stereocenters. The van der Waals surface area contributed by atoms with Gasteiger partial charge in [-0.25, -0.2) is 0 Å². The van der Waals surface area contributed by atoms with Crippen LogP contribution in [0.25, 0.3) is 33.1 Å². The van der Waals surface area contributed by atoms with E-state index in [1.165, 1.54) is 0 Å². The van der Waals surface area contributed by atoms with Gasteiger partial charge in [-0.1, -0.05) is 18.2 Å². The number of amides is 1. The Morgan fingerprint density at radius 3 is 2.63 bits per heavy atom. The summed E-state index contributed by atoms with van der Waals surface area (Å²) in [6.07, 6.45) is 1.64. The van der Waals surface area contributed by atoms with Crippen molar-refractivity contribution in [2.45, 2.75) is 6.54 Å². The minimum atomic E-state index is -0.471. The number of aromatic nitrogens is 1. The maximum absolute atomic E-state index is 12.1. The highest BCUT2D eigenvalue weighted by Crippen LogP contribution is 2.34. The average Bonchev–Trinajstić information content (AvgIpc) is 3.41. The summed E-state index contributed by atoms with van der Waals surface area (Å²) >= 11 is 0. The van der Waals surface area contributed by atoms with Crippen LogP contribution in [0.5, 0.6) is 0 Å². The molecule has 0 saturated carbocycles. The Bertz CT molecular complexity index is 1440. The maximum Gasteiger partial charge on any atom is 0.249 e. The number of fused-ring (bicyclic) bond motifs is 3. The summed E-state index contributed by atoms with van der Waals surface area (Å²) in [7, 11) is 0. The fourth-order valence-corrected chi connectivity index (χ4v) is 3.88. The second-order valence-electron chi connectivity index (χ2n) is 7.08. The van der Waals surface area contributed by atoms with Crippen LogP contribution >= 0.6 is 0 Å². The van der Waals surface area contributed by atoms with E-state index in [1.54, 1.807) is 24.5 Å². The molecule has 0 aliphatic rings. The Morgan fingerprint density at radius 1 is 1.10 bits per heavy atom. The molecule has 5 aromatic rings. The molecule has 2 N–H and O–H groups in total. The number of nitrogens with two attached hydrogens (primary N) is 1. The standard InChI is InChI=1S/C25H16N3O2/c26-14-16-6-8-17(9-7-16)15-28-21-4-1-3-20(25(27)29)24(21)19-11-10-18(13-22(19)28)23-5-2-12-30-23/h1-10,12-13H,15H2,(H2,27,29). The predicted octanol–water partition coefficient (Wildman–Crippen LogP) is 4.87. The van der Waals surface area contributed by atoms with Crippen LogP contribution in [0.2, 0.25) is 0 Å². The molecule has 1 amide bonds. The summed E-state index contributed by atoms with van der Waals surface area (Å²) in [5.41, 5.74) is 10.5. The molecule has 0 saturated heterocycles. The summed E-state index contributed by atoms with van der Waals surface area (Å²) in [6, 6.07) is 26.2. The molecule has 143 valence electrons. The van der Waals surface area contributed by atoms with Crippen molar-refractivity contribution in [1.82, 2.24) is 4.57 Å². The van der Waals surface area contributed by atoms with Gasteiger partial charge in [0, 0.05) is 28.4 Å². The highest BCUT2D eigenvalue weighted by molar-refractivity contribution is 6.18. The van der Waals surface area contributed by atoms with Crippen LogP contribution in [0.1, 0.15) is 21.5 Å². The quantitative estimate of drug-likeness (QED) is 0.475. The molecule has 0 aliphatic carbocycles. The number of hydrogen-bond acceptors (Lipinski definition) is 3. The van der Waals surface area contributed by atoms with Crippen LogP contribution in [0.3, 0.4) is 0 Å². The SMILES string of the molecule is N#Cc1ccc(Cn2c3cc(-c4ccco4)c[c]c3c3c(C(N)=O)cccc32)cc1. The highest BCUT2D eigenvalue weighted by Gasteiger charge is 2.18. The van der Waals surface area contributed by atoms with Crippen molar-refractivity contribution in [1.29, 1.82) is 5.26 Å². The number of furan rings is 1. The Morgan fingerprint density at radius 2 is 1.93 bits per heavy atom. The third kappa shape index (κ3) is 2.83. The molecule has 5 nitrogen and oxygen atoms in total. The largest absolute Gasteiger partial charge is 0.464 e. The number of primary amides is 1. The van der Waals surface area contributed by atoms with Gasteiger partial charge in [0.1, 0.15) is 5.76 Å². The molecule has 2 heterocycles. The molecule has 3 aromatic carbocycles. The molecule has 0 spiro atoms. The zero-order valence-corrected chi connectivity index (χ0v) is 15.9. The molecule has 1 radical (unpaired) electrons. The maximum atomic E-state index is 12.1. The minimum absolute atomic E-state index is 0.470. The molecule has 2 aromatic heterocycles. The van der Waals surface area contributed by atoms with Gasteiger partial charge in [-0.2, -0.15) is 5.26 Å². The van der Waals surface area contributed by atoms with Gasteiger partial charge in [-0.3, -0.25) is 4.79 Å². The number of hydrogen-bond donors (Lipinski definition) is 1. The van der Waals surface area contributed by atoms with Gasteiger partial charge in [0.25, 0.3) is 0 Å². The van der Waals surface area contributed by atoms with Crippen molar-refractivity contribution in [3.63, 3.8) is 0 Å². The molecule has 5 rings (SSSR count). The zero-order chi connectivity index (χ0) is 20.7. The summed E-state index contributed by atoms with van der Waals surface area (Å²) in [5.74, 6) is 0.278. The van der Waals surface area contributed by atoms with Gasteiger partial charge in [0.15, 0.2) is 0 Å². The van der Waals surface area contributed by atoms with Crippen molar-refractivity contribution in [2.24, 2.45) is 5.73 Å². The first kappa shape index (κ1) is 17.8. The van der Waals surface area contributed by atoms with Crippen molar-refractivity contribution in [3.05, 3.63) is 95.7 Å². The summed E-state index contributed by atoms with van der Waals surface area (Å²) in [6.45, 7) is 0.573. The Kier molecular flexibility index (Phi) is 4.11. The number of rotatable bonds is 4. The Balaban J connectivity index is 1.78. The molecular weight excluding hydrogens is 374 g/mol. The van der Waals surface area contributed by atoms with Gasteiger partial charge in [0.05, 0.1) is 28.9 Å². The van der Waals surface area contributed by atoms with Crippen LogP contribution < -0.4 is 5.73 Å². The third-order valence-corrected chi connectivity index (χ3v) is 5.29. The highest BCUT2D eigenvalue weighted by atomic mass is 16.3. The summed E-state index contributed by atoms with van der Waals surface area (Å²) < 4.78 is 7.69. The topological polar surface area (TPSA) is 84.9 Å². The van der Waals surface area contributed by atoms with E-state index in [2.05, 4.69) is 16.7 Å². The van der Waals surface area contributed by atoms with Gasteiger partial charge in [-0.05, 0) is 60.2 Å². The molecule has 30 heavy (non-hydrogen) atoms. The number of nitriles is 1. The Labute approximate surface area is 172 Å². The predicted molar refractivity (Wildman–Crippen MR) is 115 cm³/mol. The van der Waals surface area contributed by atoms with E-state index >= 15 is 0 Å². The number of nitrogens with zero attached hydrogens (tertiary/aromatic N) is 2. The first-order valence-electron chi connectivity index (χ1n) is 9.45. The van der Waals surface area contributed by atoms with Gasteiger partial charge in [-0.15, -0.1) is 0 Å². The molecule has 0 aliphatic heterocycles. The van der Waals surface area contributed by atoms with Gasteiger partial charge < -0.3 is 14.7 Å². The first-order chi connectivity index (χ1) is 14.7. The van der Waals surface area contributed by atoms with E-state index in [4.69, 9.17) is 15.4 Å². The van der Waals surface area contributed by atoms with Crippen molar-refractivity contribution >= 4 is 27.7 Å². The molecule has 0 unspecified atom stereocenters. The monoisotopic (exact) mass is 390 g/mol. The smallest absolute Gasteiger partial charge is 0.249 e. The molecule has 0 fully saturated rings. The summed E-state index contributed by atoms with van der Waals surface area (Å²) in [5, 5.41) is 10.7. The van der Waals surface area contributed by atoms with Crippen LogP contribution in [0, 0.1) is 17.4 Å². The lowest BCUT2D eigenvalue weighted by Gasteiger charge is -2.09. The second-order valence-corrected chi connectivity index (χ2v) is 7.08. The molecule has 5 heteroatoms. The fraction of sp³-hybridized carbons (Fsp3) is 0.0400. The van der Waals surface area contributed by atoms with Crippen molar-refractivity contribution in [2.75, 3.05) is 0 Å². The molecule has 0 bridgehead atoms. The van der Waals surface area contributed by atoms with E-state index in [9.17, 15) is 4.79 Å². The van der Waals surface area contributed by atoms with E-state index in [0.717, 1.165) is 38.7 Å². The summed E-state index contributed by atoms with van der Waals surface area (Å²) in [4.78, 5) is 12.1. The van der Waals surface area contributed by atoms with Crippen molar-refractivity contribution < 1.29 is 9.21 Å². The first-order valence-corrected chi connectivity index (χ1v) is 9.45. The minimum Gasteiger partial charge on any atom is -0.464 e. The second kappa shape index (κ2) is 6.94. The van der Waals surface area contributed by atoms with Crippen molar-refractivity contribution in [3.8, 4) is 17.4 Å². The fourth-order valence-electron chi connectivity index (χ4n) is 3.88. The van der Waals surface area contributed by atoms with E-state index in [0.29, 0.717) is 17.7 Å². The Hall–Kier alpha value is -4.30. The number of carbonyl (C=O) groups is 1. The average molecular weight is 390 g/mol. The van der Waals surface area contributed by atoms with Crippen LogP contribution in [0.4, 0.5) is 0 Å². The zero-order valence-electron chi connectivity index (χ0n) is 15.9. The van der Waals surface area contributed by atoms with Gasteiger partial charge in [0.2, 0.25) is 5.91 Å². The lowest BCUT2D eigenvalue weighted by molar-refractivity contribution is 0.100. The normalized spacial score (nSPS) is 11.0. The van der Waals surface area contributed by atoms with Crippen LogP contribution in [-0.2, 0) is 6.54 Å². The van der Waals surface area contributed by atoms with Crippen LogP contribution in [-0.4, -0.2) is 10.5 Å².